The van der Waals surface area contributed by atoms with Gasteiger partial charge in [-0.25, -0.2) is 19.6 Å². The molecule has 0 N–H and O–H groups in total. The molecular weight excluding hydrogens is 376 g/mol. The van der Waals surface area contributed by atoms with Crippen molar-refractivity contribution in [2.75, 3.05) is 14.2 Å². The second kappa shape index (κ2) is 8.55. The van der Waals surface area contributed by atoms with Gasteiger partial charge in [0.05, 0.1) is 14.2 Å². The fraction of sp³-hybridized carbons (Fsp3) is 0.238. The lowest BCUT2D eigenvalue weighted by Gasteiger charge is -2.33. The third kappa shape index (κ3) is 3.82. The van der Waals surface area contributed by atoms with Crippen molar-refractivity contribution in [3.8, 4) is 0 Å². The van der Waals surface area contributed by atoms with Gasteiger partial charge >= 0.3 is 11.9 Å². The zero-order chi connectivity index (χ0) is 21.0. The number of esters is 2. The summed E-state index contributed by atoms with van der Waals surface area (Å²) in [4.78, 5) is 51.3. The average Bonchev–Trinajstić information content (AvgIpc) is 3.18. The minimum atomic E-state index is -1.15. The molecule has 2 amide bonds. The molecule has 29 heavy (non-hydrogen) atoms. The normalized spacial score (nSPS) is 18.3. The van der Waals surface area contributed by atoms with Gasteiger partial charge in [-0.1, -0.05) is 36.4 Å². The molecule has 1 aliphatic heterocycles. The summed E-state index contributed by atoms with van der Waals surface area (Å²) >= 11 is 0. The molecule has 0 radical (unpaired) electrons. The van der Waals surface area contributed by atoms with Crippen molar-refractivity contribution in [1.82, 2.24) is 10.0 Å². The van der Waals surface area contributed by atoms with E-state index < -0.39 is 35.8 Å². The highest BCUT2D eigenvalue weighted by molar-refractivity contribution is 6.03. The van der Waals surface area contributed by atoms with Crippen molar-refractivity contribution in [2.45, 2.75) is 18.5 Å². The number of amides is 2. The molecule has 1 saturated heterocycles. The summed E-state index contributed by atoms with van der Waals surface area (Å²) in [5.41, 5.74) is 0.524. The Hall–Kier alpha value is -3.68. The summed E-state index contributed by atoms with van der Waals surface area (Å²) in [5.74, 6) is -2.66. The Kier molecular flexibility index (Phi) is 5.92. The van der Waals surface area contributed by atoms with Crippen LogP contribution in [0.4, 0.5) is 0 Å². The number of ether oxygens (including phenoxy) is 2. The van der Waals surface area contributed by atoms with Crippen molar-refractivity contribution < 1.29 is 28.7 Å². The highest BCUT2D eigenvalue weighted by Gasteiger charge is 2.52. The van der Waals surface area contributed by atoms with Crippen LogP contribution in [0.25, 0.3) is 0 Å². The number of benzene rings is 2. The summed E-state index contributed by atoms with van der Waals surface area (Å²) in [5, 5.41) is 2.00. The first-order valence-corrected chi connectivity index (χ1v) is 8.92. The van der Waals surface area contributed by atoms with Gasteiger partial charge in [-0.3, -0.25) is 9.59 Å². The van der Waals surface area contributed by atoms with Crippen LogP contribution in [0, 0.1) is 0 Å². The molecule has 0 bridgehead atoms. The van der Waals surface area contributed by atoms with E-state index in [-0.39, 0.29) is 17.5 Å². The van der Waals surface area contributed by atoms with Gasteiger partial charge in [0.1, 0.15) is 0 Å². The summed E-state index contributed by atoms with van der Waals surface area (Å²) in [6.07, 6.45) is -0.128. The maximum atomic E-state index is 13.3. The maximum absolute atomic E-state index is 13.3. The fourth-order valence-electron chi connectivity index (χ4n) is 3.28. The van der Waals surface area contributed by atoms with E-state index in [0.717, 1.165) is 10.0 Å². The van der Waals surface area contributed by atoms with Crippen LogP contribution in [-0.4, -0.2) is 60.1 Å². The van der Waals surface area contributed by atoms with Crippen LogP contribution in [-0.2, 0) is 19.1 Å². The van der Waals surface area contributed by atoms with Crippen molar-refractivity contribution in [3.05, 3.63) is 71.8 Å². The van der Waals surface area contributed by atoms with Gasteiger partial charge in [0.2, 0.25) is 0 Å². The van der Waals surface area contributed by atoms with E-state index in [0.29, 0.717) is 0 Å². The number of methoxy groups -OCH3 is 2. The number of nitrogens with zero attached hydrogens (tertiary/aromatic N) is 2. The van der Waals surface area contributed by atoms with E-state index in [9.17, 15) is 19.2 Å². The Morgan fingerprint density at radius 3 is 1.34 bits per heavy atom. The number of hydrazine groups is 1. The molecule has 8 heteroatoms. The molecular formula is C21H20N2O6. The first kappa shape index (κ1) is 20.1. The second-order valence-corrected chi connectivity index (χ2v) is 6.35. The van der Waals surface area contributed by atoms with E-state index in [4.69, 9.17) is 9.47 Å². The first-order valence-electron chi connectivity index (χ1n) is 8.92. The van der Waals surface area contributed by atoms with Crippen molar-refractivity contribution in [1.29, 1.82) is 0 Å². The van der Waals surface area contributed by atoms with Gasteiger partial charge in [-0.05, 0) is 24.3 Å². The molecule has 0 aliphatic carbocycles. The number of carbonyl (C=O) groups excluding carboxylic acids is 4. The molecule has 2 aromatic rings. The molecule has 150 valence electrons. The van der Waals surface area contributed by atoms with E-state index in [2.05, 4.69) is 0 Å². The Balaban J connectivity index is 2.10. The molecule has 1 aliphatic rings. The quantitative estimate of drug-likeness (QED) is 0.730. The molecule has 0 aromatic heterocycles. The largest absolute Gasteiger partial charge is 0.467 e. The Bertz CT molecular complexity index is 840. The molecule has 3 rings (SSSR count). The molecule has 2 atom stereocenters. The number of carbonyl (C=O) groups is 4. The highest BCUT2D eigenvalue weighted by Crippen LogP contribution is 2.30. The average molecular weight is 396 g/mol. The minimum absolute atomic E-state index is 0.128. The van der Waals surface area contributed by atoms with E-state index >= 15 is 0 Å². The van der Waals surface area contributed by atoms with Crippen molar-refractivity contribution >= 4 is 23.8 Å². The molecule has 0 saturated carbocycles. The Labute approximate surface area is 167 Å². The zero-order valence-electron chi connectivity index (χ0n) is 16.0. The standard InChI is InChI=1S/C21H20N2O6/c1-28-20(26)16-13-17(21(27)29-2)23(19(25)15-11-7-4-8-12-15)22(16)18(24)14-9-5-3-6-10-14/h3-12,16-17H,13H2,1-2H3/t16-,17-/m0/s1. The predicted molar refractivity (Wildman–Crippen MR) is 101 cm³/mol. The minimum Gasteiger partial charge on any atom is -0.467 e. The highest BCUT2D eigenvalue weighted by atomic mass is 16.5. The SMILES string of the molecule is COC(=O)[C@@H]1C[C@@H](C(=O)OC)N(C(=O)c2ccccc2)N1C(=O)c1ccccc1. The number of hydrogen-bond acceptors (Lipinski definition) is 6. The summed E-state index contributed by atoms with van der Waals surface area (Å²) in [7, 11) is 2.37. The fourth-order valence-corrected chi connectivity index (χ4v) is 3.28. The van der Waals surface area contributed by atoms with Gasteiger partial charge in [0.25, 0.3) is 11.8 Å². The van der Waals surface area contributed by atoms with Gasteiger partial charge < -0.3 is 9.47 Å². The topological polar surface area (TPSA) is 93.2 Å². The Morgan fingerprint density at radius 2 is 1.03 bits per heavy atom. The first-order chi connectivity index (χ1) is 14.0. The van der Waals surface area contributed by atoms with Crippen LogP contribution >= 0.6 is 0 Å². The van der Waals surface area contributed by atoms with Crippen LogP contribution in [0.2, 0.25) is 0 Å². The monoisotopic (exact) mass is 396 g/mol. The Morgan fingerprint density at radius 1 is 0.690 bits per heavy atom. The van der Waals surface area contributed by atoms with Crippen LogP contribution in [0.15, 0.2) is 60.7 Å². The molecule has 1 heterocycles. The van der Waals surface area contributed by atoms with Crippen LogP contribution in [0.5, 0.6) is 0 Å². The van der Waals surface area contributed by atoms with Crippen LogP contribution in [0.1, 0.15) is 27.1 Å². The lowest BCUT2D eigenvalue weighted by Crippen LogP contribution is -2.54. The second-order valence-electron chi connectivity index (χ2n) is 6.35. The molecule has 8 nitrogen and oxygen atoms in total. The van der Waals surface area contributed by atoms with Crippen molar-refractivity contribution in [2.24, 2.45) is 0 Å². The summed E-state index contributed by atoms with van der Waals surface area (Å²) in [6, 6.07) is 14.1. The molecule has 0 spiro atoms. The number of rotatable bonds is 4. The van der Waals surface area contributed by atoms with Gasteiger partial charge in [0, 0.05) is 17.5 Å². The lowest BCUT2D eigenvalue weighted by molar-refractivity contribution is -0.150. The van der Waals surface area contributed by atoms with Crippen LogP contribution < -0.4 is 0 Å². The molecule has 0 unspecified atom stereocenters. The maximum Gasteiger partial charge on any atom is 0.330 e. The van der Waals surface area contributed by atoms with E-state index in [1.54, 1.807) is 60.7 Å². The van der Waals surface area contributed by atoms with E-state index in [1.165, 1.54) is 14.2 Å². The third-order valence-corrected chi connectivity index (χ3v) is 4.67. The predicted octanol–water partition coefficient (Wildman–Crippen LogP) is 1.67. The third-order valence-electron chi connectivity index (χ3n) is 4.67. The lowest BCUT2D eigenvalue weighted by atomic mass is 10.1. The summed E-state index contributed by atoms with van der Waals surface area (Å²) < 4.78 is 9.65. The van der Waals surface area contributed by atoms with E-state index in [1.807, 2.05) is 0 Å². The van der Waals surface area contributed by atoms with Gasteiger partial charge in [-0.2, -0.15) is 0 Å². The zero-order valence-corrected chi connectivity index (χ0v) is 16.0. The van der Waals surface area contributed by atoms with Crippen molar-refractivity contribution in [3.63, 3.8) is 0 Å². The molecule has 2 aromatic carbocycles. The molecule has 1 fully saturated rings. The summed E-state index contributed by atoms with van der Waals surface area (Å²) in [6.45, 7) is 0. The van der Waals surface area contributed by atoms with Gasteiger partial charge in [-0.15, -0.1) is 0 Å². The number of hydrogen-bond donors (Lipinski definition) is 0. The van der Waals surface area contributed by atoms with Crippen LogP contribution in [0.3, 0.4) is 0 Å². The smallest absolute Gasteiger partial charge is 0.330 e. The van der Waals surface area contributed by atoms with Gasteiger partial charge in [0.15, 0.2) is 12.1 Å².